The lowest BCUT2D eigenvalue weighted by molar-refractivity contribution is 0.282. The SMILES string of the molecule is CC1=CCCN(Cc2ccc(CNC3CC3)cc2Br)C1. The normalized spacial score (nSPS) is 20.0. The van der Waals surface area contributed by atoms with Crippen LogP contribution in [-0.2, 0) is 13.1 Å². The van der Waals surface area contributed by atoms with E-state index in [9.17, 15) is 0 Å². The zero-order chi connectivity index (χ0) is 13.9. The Morgan fingerprint density at radius 1 is 1.35 bits per heavy atom. The predicted molar refractivity (Wildman–Crippen MR) is 87.7 cm³/mol. The molecule has 0 spiro atoms. The van der Waals surface area contributed by atoms with Gasteiger partial charge in [0.1, 0.15) is 0 Å². The standard InChI is InChI=1S/C17H23BrN2/c1-13-3-2-8-20(11-13)12-15-5-4-14(9-17(15)18)10-19-16-6-7-16/h3-5,9,16,19H,2,6-8,10-12H2,1H3. The van der Waals surface area contributed by atoms with Gasteiger partial charge in [-0.1, -0.05) is 39.7 Å². The van der Waals surface area contributed by atoms with Crippen molar-refractivity contribution >= 4 is 15.9 Å². The van der Waals surface area contributed by atoms with Crippen molar-refractivity contribution in [2.24, 2.45) is 0 Å². The van der Waals surface area contributed by atoms with Crippen LogP contribution in [0.2, 0.25) is 0 Å². The van der Waals surface area contributed by atoms with E-state index in [-0.39, 0.29) is 0 Å². The number of hydrogen-bond donors (Lipinski definition) is 1. The maximum atomic E-state index is 3.74. The molecular weight excluding hydrogens is 312 g/mol. The van der Waals surface area contributed by atoms with Crippen LogP contribution < -0.4 is 5.32 Å². The zero-order valence-electron chi connectivity index (χ0n) is 12.2. The van der Waals surface area contributed by atoms with Crippen LogP contribution in [0.15, 0.2) is 34.3 Å². The smallest absolute Gasteiger partial charge is 0.0248 e. The van der Waals surface area contributed by atoms with Crippen molar-refractivity contribution in [3.63, 3.8) is 0 Å². The van der Waals surface area contributed by atoms with Crippen molar-refractivity contribution in [1.82, 2.24) is 10.2 Å². The number of rotatable bonds is 5. The minimum atomic E-state index is 0.775. The summed E-state index contributed by atoms with van der Waals surface area (Å²) in [4.78, 5) is 2.53. The molecule has 1 aliphatic heterocycles. The molecular formula is C17H23BrN2. The van der Waals surface area contributed by atoms with Crippen LogP contribution in [0, 0.1) is 0 Å². The van der Waals surface area contributed by atoms with Gasteiger partial charge in [0.15, 0.2) is 0 Å². The Labute approximate surface area is 130 Å². The van der Waals surface area contributed by atoms with E-state index in [4.69, 9.17) is 0 Å². The van der Waals surface area contributed by atoms with Gasteiger partial charge in [0, 0.05) is 36.7 Å². The van der Waals surface area contributed by atoms with Crippen molar-refractivity contribution in [2.45, 2.75) is 45.3 Å². The second-order valence-electron chi connectivity index (χ2n) is 6.13. The minimum absolute atomic E-state index is 0.775. The molecule has 1 N–H and O–H groups in total. The van der Waals surface area contributed by atoms with E-state index in [0.29, 0.717) is 0 Å². The fraction of sp³-hybridized carbons (Fsp3) is 0.529. The number of nitrogens with zero attached hydrogens (tertiary/aromatic N) is 1. The van der Waals surface area contributed by atoms with Crippen LogP contribution in [0.5, 0.6) is 0 Å². The van der Waals surface area contributed by atoms with Gasteiger partial charge in [0.2, 0.25) is 0 Å². The van der Waals surface area contributed by atoms with Gasteiger partial charge in [-0.15, -0.1) is 0 Å². The quantitative estimate of drug-likeness (QED) is 0.822. The van der Waals surface area contributed by atoms with Gasteiger partial charge in [-0.25, -0.2) is 0 Å². The number of benzene rings is 1. The molecule has 1 saturated carbocycles. The van der Waals surface area contributed by atoms with Gasteiger partial charge in [0.05, 0.1) is 0 Å². The molecule has 108 valence electrons. The molecule has 3 rings (SSSR count). The molecule has 0 atom stereocenters. The number of hydrogen-bond acceptors (Lipinski definition) is 2. The molecule has 1 aliphatic carbocycles. The molecule has 2 nitrogen and oxygen atoms in total. The Balaban J connectivity index is 1.59. The third-order valence-corrected chi connectivity index (χ3v) is 4.83. The van der Waals surface area contributed by atoms with Crippen LogP contribution in [0.1, 0.15) is 37.3 Å². The highest BCUT2D eigenvalue weighted by atomic mass is 79.9. The predicted octanol–water partition coefficient (Wildman–Crippen LogP) is 3.85. The molecule has 0 radical (unpaired) electrons. The summed E-state index contributed by atoms with van der Waals surface area (Å²) in [5, 5.41) is 3.57. The number of halogens is 1. The second-order valence-corrected chi connectivity index (χ2v) is 6.99. The van der Waals surface area contributed by atoms with Crippen molar-refractivity contribution in [1.29, 1.82) is 0 Å². The van der Waals surface area contributed by atoms with Crippen molar-refractivity contribution < 1.29 is 0 Å². The highest BCUT2D eigenvalue weighted by molar-refractivity contribution is 9.10. The molecule has 0 bridgehead atoms. The minimum Gasteiger partial charge on any atom is -0.310 e. The van der Waals surface area contributed by atoms with E-state index in [1.54, 1.807) is 0 Å². The molecule has 2 aliphatic rings. The Hall–Kier alpha value is -0.640. The largest absolute Gasteiger partial charge is 0.310 e. The van der Waals surface area contributed by atoms with Gasteiger partial charge in [-0.2, -0.15) is 0 Å². The Morgan fingerprint density at radius 3 is 2.90 bits per heavy atom. The molecule has 1 heterocycles. The highest BCUT2D eigenvalue weighted by Crippen LogP contribution is 2.23. The van der Waals surface area contributed by atoms with Gasteiger partial charge in [0.25, 0.3) is 0 Å². The van der Waals surface area contributed by atoms with E-state index in [1.165, 1.54) is 47.0 Å². The fourth-order valence-electron chi connectivity index (χ4n) is 2.74. The number of nitrogens with one attached hydrogen (secondary N) is 1. The summed E-state index contributed by atoms with van der Waals surface area (Å²) >= 11 is 3.74. The summed E-state index contributed by atoms with van der Waals surface area (Å²) in [6.07, 6.45) is 6.24. The topological polar surface area (TPSA) is 15.3 Å². The monoisotopic (exact) mass is 334 g/mol. The molecule has 1 fully saturated rings. The summed E-state index contributed by atoms with van der Waals surface area (Å²) in [6, 6.07) is 7.60. The fourth-order valence-corrected chi connectivity index (χ4v) is 3.30. The molecule has 0 unspecified atom stereocenters. The lowest BCUT2D eigenvalue weighted by Gasteiger charge is -2.26. The summed E-state index contributed by atoms with van der Waals surface area (Å²) in [5.41, 5.74) is 4.27. The Bertz CT molecular complexity index is 506. The highest BCUT2D eigenvalue weighted by Gasteiger charge is 2.20. The summed E-state index contributed by atoms with van der Waals surface area (Å²) < 4.78 is 1.25. The first-order chi connectivity index (χ1) is 9.70. The second kappa shape index (κ2) is 6.42. The molecule has 1 aromatic rings. The first-order valence-electron chi connectivity index (χ1n) is 7.59. The maximum absolute atomic E-state index is 3.74. The van der Waals surface area contributed by atoms with Gasteiger partial charge < -0.3 is 5.32 Å². The Kier molecular flexibility index (Phi) is 4.59. The lowest BCUT2D eigenvalue weighted by atomic mass is 10.1. The zero-order valence-corrected chi connectivity index (χ0v) is 13.7. The van der Waals surface area contributed by atoms with Crippen molar-refractivity contribution in [3.8, 4) is 0 Å². The summed E-state index contributed by atoms with van der Waals surface area (Å²) in [5.74, 6) is 0. The average molecular weight is 335 g/mol. The van der Waals surface area contributed by atoms with Crippen molar-refractivity contribution in [3.05, 3.63) is 45.4 Å². The van der Waals surface area contributed by atoms with Crippen LogP contribution in [0.3, 0.4) is 0 Å². The average Bonchev–Trinajstić information content (AvgIpc) is 3.23. The summed E-state index contributed by atoms with van der Waals surface area (Å²) in [7, 11) is 0. The van der Waals surface area contributed by atoms with Gasteiger partial charge in [-0.3, -0.25) is 4.90 Å². The van der Waals surface area contributed by atoms with E-state index in [2.05, 4.69) is 57.3 Å². The molecule has 0 saturated heterocycles. The van der Waals surface area contributed by atoms with E-state index >= 15 is 0 Å². The molecule has 0 amide bonds. The van der Waals surface area contributed by atoms with Crippen LogP contribution in [0.25, 0.3) is 0 Å². The first kappa shape index (κ1) is 14.3. The van der Waals surface area contributed by atoms with E-state index in [0.717, 1.165) is 25.7 Å². The van der Waals surface area contributed by atoms with Crippen LogP contribution >= 0.6 is 15.9 Å². The molecule has 1 aromatic carbocycles. The molecule has 20 heavy (non-hydrogen) atoms. The van der Waals surface area contributed by atoms with Gasteiger partial charge in [-0.05, 0) is 43.4 Å². The lowest BCUT2D eigenvalue weighted by Crippen LogP contribution is -2.29. The third-order valence-electron chi connectivity index (χ3n) is 4.09. The third kappa shape index (κ3) is 3.94. The first-order valence-corrected chi connectivity index (χ1v) is 8.39. The van der Waals surface area contributed by atoms with Crippen molar-refractivity contribution in [2.75, 3.05) is 13.1 Å². The van der Waals surface area contributed by atoms with Crippen LogP contribution in [0.4, 0.5) is 0 Å². The summed E-state index contributed by atoms with van der Waals surface area (Å²) in [6.45, 7) is 6.55. The van der Waals surface area contributed by atoms with E-state index in [1.807, 2.05) is 0 Å². The Morgan fingerprint density at radius 2 is 2.20 bits per heavy atom. The van der Waals surface area contributed by atoms with Gasteiger partial charge >= 0.3 is 0 Å². The maximum Gasteiger partial charge on any atom is 0.0248 e. The molecule has 0 aromatic heterocycles. The molecule has 3 heteroatoms. The van der Waals surface area contributed by atoms with Crippen LogP contribution in [-0.4, -0.2) is 24.0 Å². The van der Waals surface area contributed by atoms with E-state index < -0.39 is 0 Å².